The van der Waals surface area contributed by atoms with Gasteiger partial charge in [-0.2, -0.15) is 0 Å². The molecule has 2 atom stereocenters. The fourth-order valence-electron chi connectivity index (χ4n) is 1.57. The molecule has 1 aromatic rings. The lowest BCUT2D eigenvalue weighted by Gasteiger charge is -2.23. The van der Waals surface area contributed by atoms with Crippen LogP contribution in [0.15, 0.2) is 15.9 Å². The summed E-state index contributed by atoms with van der Waals surface area (Å²) in [6.07, 6.45) is 0. The zero-order valence-corrected chi connectivity index (χ0v) is 12.9. The van der Waals surface area contributed by atoms with Crippen LogP contribution in [0.4, 0.5) is 0 Å². The molecule has 1 rings (SSSR count). The number of methoxy groups -OCH3 is 1. The largest absolute Gasteiger partial charge is 0.468 e. The standard InChI is InChI=1S/C12H18BrNO2S/c1-7(2)11(12(15)16-4)14-8(3)10-5-9(13)6-17-10/h5-8,11,14H,1-4H3/t8?,11-/m0/s1. The van der Waals surface area contributed by atoms with Crippen molar-refractivity contribution in [3.63, 3.8) is 0 Å². The molecule has 1 heterocycles. The smallest absolute Gasteiger partial charge is 0.323 e. The molecule has 5 heteroatoms. The summed E-state index contributed by atoms with van der Waals surface area (Å²) in [4.78, 5) is 12.8. The van der Waals surface area contributed by atoms with Crippen molar-refractivity contribution in [1.82, 2.24) is 5.32 Å². The van der Waals surface area contributed by atoms with Gasteiger partial charge in [0.05, 0.1) is 7.11 Å². The Labute approximate surface area is 115 Å². The minimum Gasteiger partial charge on any atom is -0.468 e. The maximum absolute atomic E-state index is 11.6. The van der Waals surface area contributed by atoms with Gasteiger partial charge in [-0.05, 0) is 34.8 Å². The number of hydrogen-bond donors (Lipinski definition) is 1. The van der Waals surface area contributed by atoms with Gasteiger partial charge in [-0.15, -0.1) is 11.3 Å². The number of carbonyl (C=O) groups is 1. The molecule has 0 aromatic carbocycles. The van der Waals surface area contributed by atoms with Crippen LogP contribution >= 0.6 is 27.3 Å². The maximum Gasteiger partial charge on any atom is 0.323 e. The molecule has 3 nitrogen and oxygen atoms in total. The zero-order valence-electron chi connectivity index (χ0n) is 10.5. The van der Waals surface area contributed by atoms with Gasteiger partial charge in [0.2, 0.25) is 0 Å². The van der Waals surface area contributed by atoms with Crippen molar-refractivity contribution in [2.75, 3.05) is 7.11 Å². The van der Waals surface area contributed by atoms with Gasteiger partial charge in [0.1, 0.15) is 6.04 Å². The SMILES string of the molecule is COC(=O)[C@@H](NC(C)c1cc(Br)cs1)C(C)C. The minimum absolute atomic E-state index is 0.137. The van der Waals surface area contributed by atoms with Gasteiger partial charge < -0.3 is 4.74 Å². The molecule has 1 aromatic heterocycles. The summed E-state index contributed by atoms with van der Waals surface area (Å²) in [6.45, 7) is 6.06. The summed E-state index contributed by atoms with van der Waals surface area (Å²) in [6, 6.07) is 1.94. The molecular formula is C12H18BrNO2S. The molecule has 0 saturated carbocycles. The van der Waals surface area contributed by atoms with Gasteiger partial charge in [0.15, 0.2) is 0 Å². The van der Waals surface area contributed by atoms with E-state index in [-0.39, 0.29) is 24.0 Å². The normalized spacial score (nSPS) is 14.7. The summed E-state index contributed by atoms with van der Waals surface area (Å²) < 4.78 is 5.88. The zero-order chi connectivity index (χ0) is 13.0. The van der Waals surface area contributed by atoms with Crippen molar-refractivity contribution in [3.8, 4) is 0 Å². The van der Waals surface area contributed by atoms with Crippen LogP contribution in [0.5, 0.6) is 0 Å². The van der Waals surface area contributed by atoms with Gasteiger partial charge in [-0.1, -0.05) is 13.8 Å². The first-order chi connectivity index (χ1) is 7.95. The fourth-order valence-corrected chi connectivity index (χ4v) is 3.03. The van der Waals surface area contributed by atoms with Crippen LogP contribution in [0.1, 0.15) is 31.7 Å². The van der Waals surface area contributed by atoms with Gasteiger partial charge in [0, 0.05) is 20.8 Å². The first kappa shape index (κ1) is 14.7. The van der Waals surface area contributed by atoms with Crippen molar-refractivity contribution < 1.29 is 9.53 Å². The van der Waals surface area contributed by atoms with E-state index in [0.717, 1.165) is 4.47 Å². The average Bonchev–Trinajstić information content (AvgIpc) is 2.71. The van der Waals surface area contributed by atoms with Crippen molar-refractivity contribution in [2.24, 2.45) is 5.92 Å². The number of esters is 1. The van der Waals surface area contributed by atoms with Gasteiger partial charge in [-0.3, -0.25) is 10.1 Å². The van der Waals surface area contributed by atoms with Crippen molar-refractivity contribution in [2.45, 2.75) is 32.9 Å². The van der Waals surface area contributed by atoms with Crippen LogP contribution in [0.3, 0.4) is 0 Å². The second-order valence-electron chi connectivity index (χ2n) is 4.30. The van der Waals surface area contributed by atoms with Crippen LogP contribution in [0.2, 0.25) is 0 Å². The van der Waals surface area contributed by atoms with E-state index < -0.39 is 0 Å². The first-order valence-corrected chi connectivity index (χ1v) is 7.20. The second-order valence-corrected chi connectivity index (χ2v) is 6.16. The molecule has 0 aliphatic heterocycles. The van der Waals surface area contributed by atoms with Crippen LogP contribution in [0, 0.1) is 5.92 Å². The predicted octanol–water partition coefficient (Wildman–Crippen LogP) is 3.36. The monoisotopic (exact) mass is 319 g/mol. The van der Waals surface area contributed by atoms with Crippen molar-refractivity contribution in [3.05, 3.63) is 20.8 Å². The molecule has 17 heavy (non-hydrogen) atoms. The van der Waals surface area contributed by atoms with E-state index >= 15 is 0 Å². The number of ether oxygens (including phenoxy) is 1. The minimum atomic E-state index is -0.268. The summed E-state index contributed by atoms with van der Waals surface area (Å²) in [7, 11) is 1.42. The van der Waals surface area contributed by atoms with E-state index in [1.54, 1.807) is 11.3 Å². The van der Waals surface area contributed by atoms with E-state index in [4.69, 9.17) is 4.74 Å². The Morgan fingerprint density at radius 2 is 2.12 bits per heavy atom. The lowest BCUT2D eigenvalue weighted by atomic mass is 10.0. The summed E-state index contributed by atoms with van der Waals surface area (Å²) in [5.41, 5.74) is 0. The second kappa shape index (κ2) is 6.52. The Bertz CT molecular complexity index is 378. The molecule has 0 amide bonds. The Kier molecular flexibility index (Phi) is 5.62. The number of thiophene rings is 1. The highest BCUT2D eigenvalue weighted by atomic mass is 79.9. The summed E-state index contributed by atoms with van der Waals surface area (Å²) in [5.74, 6) is -0.00391. The number of rotatable bonds is 5. The number of nitrogens with one attached hydrogen (secondary N) is 1. The van der Waals surface area contributed by atoms with E-state index in [1.807, 2.05) is 19.2 Å². The Balaban J connectivity index is 2.70. The molecular weight excluding hydrogens is 302 g/mol. The Morgan fingerprint density at radius 3 is 2.53 bits per heavy atom. The third kappa shape index (κ3) is 4.08. The first-order valence-electron chi connectivity index (χ1n) is 5.53. The lowest BCUT2D eigenvalue weighted by Crippen LogP contribution is -2.42. The molecule has 1 unspecified atom stereocenters. The van der Waals surface area contributed by atoms with E-state index in [0.29, 0.717) is 0 Å². The fraction of sp³-hybridized carbons (Fsp3) is 0.583. The molecule has 0 aliphatic rings. The van der Waals surface area contributed by atoms with Gasteiger partial charge in [-0.25, -0.2) is 0 Å². The van der Waals surface area contributed by atoms with E-state index in [1.165, 1.54) is 12.0 Å². The Morgan fingerprint density at radius 1 is 1.47 bits per heavy atom. The van der Waals surface area contributed by atoms with Gasteiger partial charge >= 0.3 is 5.97 Å². The van der Waals surface area contributed by atoms with E-state index in [2.05, 4.69) is 34.2 Å². The maximum atomic E-state index is 11.6. The number of hydrogen-bond acceptors (Lipinski definition) is 4. The van der Waals surface area contributed by atoms with E-state index in [9.17, 15) is 4.79 Å². The van der Waals surface area contributed by atoms with Crippen LogP contribution in [-0.4, -0.2) is 19.1 Å². The molecule has 0 saturated heterocycles. The van der Waals surface area contributed by atoms with Crippen LogP contribution in [0.25, 0.3) is 0 Å². The molecule has 96 valence electrons. The molecule has 0 bridgehead atoms. The highest BCUT2D eigenvalue weighted by molar-refractivity contribution is 9.10. The molecule has 0 spiro atoms. The quantitative estimate of drug-likeness (QED) is 0.846. The van der Waals surface area contributed by atoms with Crippen molar-refractivity contribution in [1.29, 1.82) is 0 Å². The van der Waals surface area contributed by atoms with Gasteiger partial charge in [0.25, 0.3) is 0 Å². The Hall–Kier alpha value is -0.390. The number of halogens is 1. The summed E-state index contributed by atoms with van der Waals surface area (Å²) >= 11 is 5.10. The molecule has 0 radical (unpaired) electrons. The molecule has 1 N–H and O–H groups in total. The summed E-state index contributed by atoms with van der Waals surface area (Å²) in [5, 5.41) is 5.35. The third-order valence-electron chi connectivity index (χ3n) is 2.57. The predicted molar refractivity (Wildman–Crippen MR) is 74.2 cm³/mol. The highest BCUT2D eigenvalue weighted by Crippen LogP contribution is 2.26. The topological polar surface area (TPSA) is 38.3 Å². The highest BCUT2D eigenvalue weighted by Gasteiger charge is 2.25. The van der Waals surface area contributed by atoms with Crippen molar-refractivity contribution >= 4 is 33.2 Å². The number of carbonyl (C=O) groups excluding carboxylic acids is 1. The third-order valence-corrected chi connectivity index (χ3v) is 4.44. The molecule has 0 fully saturated rings. The molecule has 0 aliphatic carbocycles. The lowest BCUT2D eigenvalue weighted by molar-refractivity contribution is -0.144. The average molecular weight is 320 g/mol. The van der Waals surface area contributed by atoms with Crippen LogP contribution < -0.4 is 5.32 Å². The van der Waals surface area contributed by atoms with Crippen LogP contribution in [-0.2, 0) is 9.53 Å².